The number of nitrogens with zero attached hydrogens (tertiary/aromatic N) is 2. The van der Waals surface area contributed by atoms with E-state index in [9.17, 15) is 4.79 Å². The predicted octanol–water partition coefficient (Wildman–Crippen LogP) is 3.49. The second-order valence-electron chi connectivity index (χ2n) is 6.16. The average Bonchev–Trinajstić information content (AvgIpc) is 3.32. The molecule has 0 aliphatic heterocycles. The lowest BCUT2D eigenvalue weighted by molar-refractivity contribution is 0.0937. The highest BCUT2D eigenvalue weighted by atomic mass is 79.9. The minimum Gasteiger partial charge on any atom is -0.381 e. The lowest BCUT2D eigenvalue weighted by Crippen LogP contribution is -2.25. The standard InChI is InChI=1S/C18H22BrN3O2/c1-13-17(11-21-22(13)16-7-5-15(19)6-8-16)18(23)20-9-2-10-24-12-14-3-4-14/h5-8,11,14H,2-4,9-10,12H2,1H3,(H,20,23). The first-order valence-corrected chi connectivity index (χ1v) is 9.11. The third-order valence-corrected chi connectivity index (χ3v) is 4.66. The number of carbonyl (C=O) groups is 1. The molecule has 0 unspecified atom stereocenters. The zero-order valence-corrected chi connectivity index (χ0v) is 15.4. The molecule has 0 radical (unpaired) electrons. The van der Waals surface area contributed by atoms with E-state index in [1.807, 2.05) is 31.2 Å². The molecule has 128 valence electrons. The summed E-state index contributed by atoms with van der Waals surface area (Å²) in [6, 6.07) is 7.83. The van der Waals surface area contributed by atoms with Crippen LogP contribution in [0.4, 0.5) is 0 Å². The number of amides is 1. The van der Waals surface area contributed by atoms with Gasteiger partial charge in [-0.25, -0.2) is 4.68 Å². The topological polar surface area (TPSA) is 56.1 Å². The number of ether oxygens (including phenoxy) is 1. The van der Waals surface area contributed by atoms with Crippen LogP contribution in [0.5, 0.6) is 0 Å². The summed E-state index contributed by atoms with van der Waals surface area (Å²) in [4.78, 5) is 12.3. The molecule has 1 saturated carbocycles. The Morgan fingerprint density at radius 2 is 2.12 bits per heavy atom. The molecule has 1 fully saturated rings. The molecule has 1 aromatic heterocycles. The van der Waals surface area contributed by atoms with E-state index in [4.69, 9.17) is 4.74 Å². The van der Waals surface area contributed by atoms with Crippen LogP contribution < -0.4 is 5.32 Å². The summed E-state index contributed by atoms with van der Waals surface area (Å²) >= 11 is 3.42. The average molecular weight is 392 g/mol. The summed E-state index contributed by atoms with van der Waals surface area (Å²) in [5.74, 6) is 0.699. The molecule has 24 heavy (non-hydrogen) atoms. The molecule has 1 aromatic carbocycles. The Labute approximate surface area is 150 Å². The molecule has 1 aliphatic carbocycles. The maximum absolute atomic E-state index is 12.3. The Kier molecular flexibility index (Phi) is 5.68. The van der Waals surface area contributed by atoms with Gasteiger partial charge >= 0.3 is 0 Å². The maximum Gasteiger partial charge on any atom is 0.254 e. The fourth-order valence-electron chi connectivity index (χ4n) is 2.48. The normalized spacial score (nSPS) is 13.9. The zero-order valence-electron chi connectivity index (χ0n) is 13.8. The van der Waals surface area contributed by atoms with Crippen molar-refractivity contribution >= 4 is 21.8 Å². The van der Waals surface area contributed by atoms with Crippen LogP contribution in [0, 0.1) is 12.8 Å². The molecule has 0 spiro atoms. The van der Waals surface area contributed by atoms with Gasteiger partial charge < -0.3 is 10.1 Å². The van der Waals surface area contributed by atoms with Gasteiger partial charge in [-0.3, -0.25) is 4.79 Å². The van der Waals surface area contributed by atoms with Crippen LogP contribution in [0.1, 0.15) is 35.3 Å². The largest absolute Gasteiger partial charge is 0.381 e. The number of aromatic nitrogens is 2. The molecular weight excluding hydrogens is 370 g/mol. The predicted molar refractivity (Wildman–Crippen MR) is 96.5 cm³/mol. The van der Waals surface area contributed by atoms with E-state index in [-0.39, 0.29) is 5.91 Å². The summed E-state index contributed by atoms with van der Waals surface area (Å²) < 4.78 is 8.36. The van der Waals surface area contributed by atoms with Crippen molar-refractivity contribution < 1.29 is 9.53 Å². The fourth-order valence-corrected chi connectivity index (χ4v) is 2.75. The van der Waals surface area contributed by atoms with Crippen LogP contribution in [-0.2, 0) is 4.74 Å². The van der Waals surface area contributed by atoms with Crippen LogP contribution >= 0.6 is 15.9 Å². The summed E-state index contributed by atoms with van der Waals surface area (Å²) in [5.41, 5.74) is 2.37. The van der Waals surface area contributed by atoms with Crippen LogP contribution in [0.25, 0.3) is 5.69 Å². The first-order chi connectivity index (χ1) is 11.6. The molecule has 1 heterocycles. The monoisotopic (exact) mass is 391 g/mol. The quantitative estimate of drug-likeness (QED) is 0.700. The molecule has 5 nitrogen and oxygen atoms in total. The van der Waals surface area contributed by atoms with Crippen molar-refractivity contribution in [2.24, 2.45) is 5.92 Å². The molecule has 1 amide bonds. The minimum absolute atomic E-state index is 0.0851. The molecule has 6 heteroatoms. The number of nitrogens with one attached hydrogen (secondary N) is 1. The lowest BCUT2D eigenvalue weighted by Gasteiger charge is -2.07. The SMILES string of the molecule is Cc1c(C(=O)NCCCOCC2CC2)cnn1-c1ccc(Br)cc1. The van der Waals surface area contributed by atoms with Crippen molar-refractivity contribution in [3.05, 3.63) is 46.2 Å². The van der Waals surface area contributed by atoms with E-state index in [1.54, 1.807) is 10.9 Å². The fraction of sp³-hybridized carbons (Fsp3) is 0.444. The van der Waals surface area contributed by atoms with Crippen molar-refractivity contribution in [2.75, 3.05) is 19.8 Å². The van der Waals surface area contributed by atoms with Crippen molar-refractivity contribution in [3.8, 4) is 5.69 Å². The second-order valence-corrected chi connectivity index (χ2v) is 7.08. The van der Waals surface area contributed by atoms with Crippen LogP contribution in [0.2, 0.25) is 0 Å². The number of carbonyl (C=O) groups excluding carboxylic acids is 1. The Morgan fingerprint density at radius 1 is 1.38 bits per heavy atom. The first kappa shape index (κ1) is 17.2. The smallest absolute Gasteiger partial charge is 0.254 e. The van der Waals surface area contributed by atoms with Gasteiger partial charge in [-0.2, -0.15) is 5.10 Å². The second kappa shape index (κ2) is 7.94. The van der Waals surface area contributed by atoms with Gasteiger partial charge in [-0.05, 0) is 56.4 Å². The minimum atomic E-state index is -0.0851. The van der Waals surface area contributed by atoms with Crippen molar-refractivity contribution in [1.29, 1.82) is 0 Å². The Morgan fingerprint density at radius 3 is 2.83 bits per heavy atom. The van der Waals surface area contributed by atoms with Crippen molar-refractivity contribution in [3.63, 3.8) is 0 Å². The molecule has 0 atom stereocenters. The van der Waals surface area contributed by atoms with Gasteiger partial charge in [0.25, 0.3) is 5.91 Å². The van der Waals surface area contributed by atoms with E-state index < -0.39 is 0 Å². The Bertz CT molecular complexity index is 693. The van der Waals surface area contributed by atoms with E-state index in [2.05, 4.69) is 26.3 Å². The molecule has 1 aliphatic rings. The maximum atomic E-state index is 12.3. The Balaban J connectivity index is 1.50. The highest BCUT2D eigenvalue weighted by Crippen LogP contribution is 2.28. The lowest BCUT2D eigenvalue weighted by atomic mass is 10.2. The molecule has 0 bridgehead atoms. The van der Waals surface area contributed by atoms with E-state index >= 15 is 0 Å². The number of rotatable bonds is 8. The van der Waals surface area contributed by atoms with E-state index in [1.165, 1.54) is 12.8 Å². The van der Waals surface area contributed by atoms with Gasteiger partial charge in [0.15, 0.2) is 0 Å². The molecular formula is C18H22BrN3O2. The van der Waals surface area contributed by atoms with Gasteiger partial charge in [0.05, 0.1) is 23.1 Å². The van der Waals surface area contributed by atoms with Crippen molar-refractivity contribution in [2.45, 2.75) is 26.2 Å². The summed E-state index contributed by atoms with van der Waals surface area (Å²) in [6.45, 7) is 4.09. The van der Waals surface area contributed by atoms with Gasteiger partial charge in [0, 0.05) is 24.2 Å². The van der Waals surface area contributed by atoms with Crippen LogP contribution in [0.3, 0.4) is 0 Å². The summed E-state index contributed by atoms with van der Waals surface area (Å²) in [5, 5.41) is 7.27. The van der Waals surface area contributed by atoms with E-state index in [0.717, 1.165) is 34.8 Å². The molecule has 1 N–H and O–H groups in total. The molecule has 0 saturated heterocycles. The number of hydrogen-bond acceptors (Lipinski definition) is 3. The van der Waals surface area contributed by atoms with Gasteiger partial charge in [-0.1, -0.05) is 15.9 Å². The van der Waals surface area contributed by atoms with Crippen LogP contribution in [-0.4, -0.2) is 35.4 Å². The third kappa shape index (κ3) is 4.45. The molecule has 3 rings (SSSR count). The Hall–Kier alpha value is -1.66. The third-order valence-electron chi connectivity index (χ3n) is 4.13. The highest BCUT2D eigenvalue weighted by molar-refractivity contribution is 9.10. The van der Waals surface area contributed by atoms with Crippen LogP contribution in [0.15, 0.2) is 34.9 Å². The number of benzene rings is 1. The van der Waals surface area contributed by atoms with Crippen molar-refractivity contribution in [1.82, 2.24) is 15.1 Å². The van der Waals surface area contributed by atoms with E-state index in [0.29, 0.717) is 18.7 Å². The summed E-state index contributed by atoms with van der Waals surface area (Å²) in [6.07, 6.45) is 5.06. The molecule has 2 aromatic rings. The number of halogens is 1. The first-order valence-electron chi connectivity index (χ1n) is 8.31. The highest BCUT2D eigenvalue weighted by Gasteiger charge is 2.20. The van der Waals surface area contributed by atoms with Gasteiger partial charge in [-0.15, -0.1) is 0 Å². The summed E-state index contributed by atoms with van der Waals surface area (Å²) in [7, 11) is 0. The number of hydrogen-bond donors (Lipinski definition) is 1. The van der Waals surface area contributed by atoms with Gasteiger partial charge in [0.2, 0.25) is 0 Å². The van der Waals surface area contributed by atoms with Gasteiger partial charge in [0.1, 0.15) is 0 Å². The zero-order chi connectivity index (χ0) is 16.9.